The topological polar surface area (TPSA) is 78.0 Å². The fourth-order valence-corrected chi connectivity index (χ4v) is 5.73. The summed E-state index contributed by atoms with van der Waals surface area (Å²) in [6, 6.07) is 3.52. The molecule has 29 heavy (non-hydrogen) atoms. The van der Waals surface area contributed by atoms with E-state index in [1.165, 1.54) is 10.4 Å². The molecular formula is C20H26FN3O4S. The van der Waals surface area contributed by atoms with Crippen LogP contribution in [0.4, 0.5) is 4.39 Å². The second kappa shape index (κ2) is 8.02. The van der Waals surface area contributed by atoms with Gasteiger partial charge in [-0.3, -0.25) is 9.59 Å². The summed E-state index contributed by atoms with van der Waals surface area (Å²) in [7, 11) is -3.95. The van der Waals surface area contributed by atoms with Gasteiger partial charge in [-0.2, -0.15) is 4.31 Å². The lowest BCUT2D eigenvalue weighted by Gasteiger charge is -2.38. The molecule has 3 fully saturated rings. The lowest BCUT2D eigenvalue weighted by Crippen LogP contribution is -2.52. The zero-order chi connectivity index (χ0) is 20.6. The van der Waals surface area contributed by atoms with E-state index < -0.39 is 20.7 Å². The van der Waals surface area contributed by atoms with Crippen molar-refractivity contribution in [1.29, 1.82) is 0 Å². The SMILES string of the molecule is O=C(c1ccc(F)c(S(=O)(=O)N2CCCC2)c1)N1CCN(C(=O)C2CCC2)CC1. The molecule has 2 heterocycles. The molecule has 4 rings (SSSR count). The van der Waals surface area contributed by atoms with Gasteiger partial charge in [0.05, 0.1) is 0 Å². The molecule has 0 aromatic heterocycles. The standard InChI is InChI=1S/C20H26FN3O4S/c21-17-7-6-16(14-18(17)29(27,28)24-8-1-2-9-24)20(26)23-12-10-22(11-13-23)19(25)15-4-3-5-15/h6-7,14-15H,1-5,8-13H2. The average molecular weight is 424 g/mol. The van der Waals surface area contributed by atoms with E-state index in [-0.39, 0.29) is 23.3 Å². The molecule has 1 aromatic carbocycles. The van der Waals surface area contributed by atoms with Gasteiger partial charge in [-0.1, -0.05) is 6.42 Å². The van der Waals surface area contributed by atoms with Crippen molar-refractivity contribution in [3.05, 3.63) is 29.6 Å². The zero-order valence-electron chi connectivity index (χ0n) is 16.3. The maximum atomic E-state index is 14.3. The first-order valence-corrected chi connectivity index (χ1v) is 11.7. The van der Waals surface area contributed by atoms with Gasteiger partial charge < -0.3 is 9.80 Å². The predicted molar refractivity (Wildman–Crippen MR) is 104 cm³/mol. The molecule has 2 saturated heterocycles. The van der Waals surface area contributed by atoms with Crippen molar-refractivity contribution in [2.24, 2.45) is 5.92 Å². The first kappa shape index (κ1) is 20.3. The van der Waals surface area contributed by atoms with Crippen LogP contribution in [0.15, 0.2) is 23.1 Å². The highest BCUT2D eigenvalue weighted by atomic mass is 32.2. The van der Waals surface area contributed by atoms with Crippen LogP contribution in [0.1, 0.15) is 42.5 Å². The van der Waals surface area contributed by atoms with Crippen LogP contribution < -0.4 is 0 Å². The maximum Gasteiger partial charge on any atom is 0.254 e. The molecule has 3 aliphatic rings. The lowest BCUT2D eigenvalue weighted by atomic mass is 9.84. The fraction of sp³-hybridized carbons (Fsp3) is 0.600. The fourth-order valence-electron chi connectivity index (χ4n) is 4.13. The minimum absolute atomic E-state index is 0.132. The van der Waals surface area contributed by atoms with E-state index in [0.29, 0.717) is 39.3 Å². The summed E-state index contributed by atoms with van der Waals surface area (Å²) in [6.45, 7) is 2.47. The minimum atomic E-state index is -3.95. The van der Waals surface area contributed by atoms with E-state index in [0.717, 1.165) is 44.2 Å². The summed E-state index contributed by atoms with van der Waals surface area (Å²) in [5.74, 6) is -0.875. The first-order valence-electron chi connectivity index (χ1n) is 10.3. The number of hydrogen-bond donors (Lipinski definition) is 0. The number of rotatable bonds is 4. The number of piperazine rings is 1. The van der Waals surface area contributed by atoms with Crippen LogP contribution in [0.5, 0.6) is 0 Å². The molecule has 2 aliphatic heterocycles. The average Bonchev–Trinajstić information content (AvgIpc) is 3.22. The quantitative estimate of drug-likeness (QED) is 0.739. The maximum absolute atomic E-state index is 14.3. The van der Waals surface area contributed by atoms with Gasteiger partial charge in [0.2, 0.25) is 15.9 Å². The largest absolute Gasteiger partial charge is 0.339 e. The van der Waals surface area contributed by atoms with E-state index in [1.54, 1.807) is 4.90 Å². The van der Waals surface area contributed by atoms with E-state index >= 15 is 0 Å². The van der Waals surface area contributed by atoms with Crippen LogP contribution in [0, 0.1) is 11.7 Å². The molecule has 1 aliphatic carbocycles. The number of amides is 2. The summed E-state index contributed by atoms with van der Waals surface area (Å²) in [5.41, 5.74) is 0.156. The molecule has 0 atom stereocenters. The summed E-state index contributed by atoms with van der Waals surface area (Å²) in [4.78, 5) is 28.2. The molecule has 0 spiro atoms. The van der Waals surface area contributed by atoms with Gasteiger partial charge in [-0.05, 0) is 43.9 Å². The van der Waals surface area contributed by atoms with Crippen molar-refractivity contribution in [2.75, 3.05) is 39.3 Å². The van der Waals surface area contributed by atoms with Crippen molar-refractivity contribution in [1.82, 2.24) is 14.1 Å². The van der Waals surface area contributed by atoms with Gasteiger partial charge in [-0.25, -0.2) is 12.8 Å². The highest BCUT2D eigenvalue weighted by Gasteiger charge is 2.33. The number of nitrogens with zero attached hydrogens (tertiary/aromatic N) is 3. The van der Waals surface area contributed by atoms with Gasteiger partial charge in [0.25, 0.3) is 5.91 Å². The molecule has 1 aromatic rings. The molecule has 0 bridgehead atoms. The van der Waals surface area contributed by atoms with Gasteiger partial charge in [-0.15, -0.1) is 0 Å². The van der Waals surface area contributed by atoms with Crippen molar-refractivity contribution in [3.63, 3.8) is 0 Å². The highest BCUT2D eigenvalue weighted by Crippen LogP contribution is 2.29. The lowest BCUT2D eigenvalue weighted by molar-refractivity contribution is -0.139. The van der Waals surface area contributed by atoms with Gasteiger partial charge in [0, 0.05) is 50.7 Å². The Morgan fingerprint density at radius 2 is 1.52 bits per heavy atom. The number of sulfonamides is 1. The summed E-state index contributed by atoms with van der Waals surface area (Å²) < 4.78 is 41.1. The summed E-state index contributed by atoms with van der Waals surface area (Å²) in [6.07, 6.45) is 4.50. The third kappa shape index (κ3) is 3.90. The monoisotopic (exact) mass is 423 g/mol. The second-order valence-corrected chi connectivity index (χ2v) is 9.91. The normalized spacial score (nSPS) is 21.3. The number of hydrogen-bond acceptors (Lipinski definition) is 4. The predicted octanol–water partition coefficient (Wildman–Crippen LogP) is 1.69. The molecule has 0 unspecified atom stereocenters. The van der Waals surface area contributed by atoms with Crippen molar-refractivity contribution >= 4 is 21.8 Å². The third-order valence-corrected chi connectivity index (χ3v) is 8.11. The molecule has 158 valence electrons. The number of carbonyl (C=O) groups excluding carboxylic acids is 2. The van der Waals surface area contributed by atoms with Crippen molar-refractivity contribution in [2.45, 2.75) is 37.0 Å². The summed E-state index contributed by atoms with van der Waals surface area (Å²) >= 11 is 0. The smallest absolute Gasteiger partial charge is 0.254 e. The Balaban J connectivity index is 1.46. The van der Waals surface area contributed by atoms with Crippen LogP contribution in [-0.2, 0) is 14.8 Å². The Bertz CT molecular complexity index is 902. The molecular weight excluding hydrogens is 397 g/mol. The van der Waals surface area contributed by atoms with Crippen LogP contribution in [0.2, 0.25) is 0 Å². The Labute approximate surface area is 170 Å². The van der Waals surface area contributed by atoms with Gasteiger partial charge >= 0.3 is 0 Å². The Kier molecular flexibility index (Phi) is 5.61. The van der Waals surface area contributed by atoms with Crippen LogP contribution >= 0.6 is 0 Å². The van der Waals surface area contributed by atoms with Crippen LogP contribution in [0.3, 0.4) is 0 Å². The number of halogens is 1. The molecule has 9 heteroatoms. The highest BCUT2D eigenvalue weighted by molar-refractivity contribution is 7.89. The molecule has 7 nitrogen and oxygen atoms in total. The van der Waals surface area contributed by atoms with Crippen LogP contribution in [0.25, 0.3) is 0 Å². The minimum Gasteiger partial charge on any atom is -0.339 e. The number of carbonyl (C=O) groups is 2. The third-order valence-electron chi connectivity index (χ3n) is 6.19. The van der Waals surface area contributed by atoms with Gasteiger partial charge in [0.1, 0.15) is 10.7 Å². The Morgan fingerprint density at radius 3 is 2.10 bits per heavy atom. The zero-order valence-corrected chi connectivity index (χ0v) is 17.2. The summed E-state index contributed by atoms with van der Waals surface area (Å²) in [5, 5.41) is 0. The van der Waals surface area contributed by atoms with E-state index in [2.05, 4.69) is 0 Å². The van der Waals surface area contributed by atoms with E-state index in [9.17, 15) is 22.4 Å². The first-order chi connectivity index (χ1) is 13.9. The van der Waals surface area contributed by atoms with Crippen molar-refractivity contribution in [3.8, 4) is 0 Å². The van der Waals surface area contributed by atoms with E-state index in [1.807, 2.05) is 4.90 Å². The van der Waals surface area contributed by atoms with Crippen molar-refractivity contribution < 1.29 is 22.4 Å². The van der Waals surface area contributed by atoms with Gasteiger partial charge in [0.15, 0.2) is 0 Å². The molecule has 1 saturated carbocycles. The molecule has 2 amide bonds. The second-order valence-electron chi connectivity index (χ2n) is 8.00. The Morgan fingerprint density at radius 1 is 0.897 bits per heavy atom. The Hall–Kier alpha value is -2.00. The number of benzene rings is 1. The molecule has 0 radical (unpaired) electrons. The van der Waals surface area contributed by atoms with Crippen LogP contribution in [-0.4, -0.2) is 73.6 Å². The van der Waals surface area contributed by atoms with E-state index in [4.69, 9.17) is 0 Å². The molecule has 0 N–H and O–H groups in total.